The van der Waals surface area contributed by atoms with Crippen LogP contribution in [0.25, 0.3) is 5.69 Å². The van der Waals surface area contributed by atoms with E-state index < -0.39 is 0 Å². The van der Waals surface area contributed by atoms with Crippen LogP contribution in [0, 0.1) is 6.92 Å². The number of aryl methyl sites for hydroxylation is 1. The fourth-order valence-electron chi connectivity index (χ4n) is 2.55. The zero-order chi connectivity index (χ0) is 17.1. The third-order valence-electron chi connectivity index (χ3n) is 3.95. The van der Waals surface area contributed by atoms with Crippen LogP contribution in [0.5, 0.6) is 0 Å². The maximum atomic E-state index is 11.4. The van der Waals surface area contributed by atoms with Crippen LogP contribution in [0.1, 0.15) is 12.5 Å². The van der Waals surface area contributed by atoms with Gasteiger partial charge in [-0.25, -0.2) is 0 Å². The third-order valence-corrected chi connectivity index (χ3v) is 5.01. The number of primary amides is 1. The number of morpholine rings is 1. The van der Waals surface area contributed by atoms with Crippen molar-refractivity contribution in [3.63, 3.8) is 0 Å². The van der Waals surface area contributed by atoms with E-state index in [2.05, 4.69) is 15.1 Å². The molecule has 128 valence electrons. The lowest BCUT2D eigenvalue weighted by molar-refractivity contribution is -0.117. The molecule has 2 heterocycles. The number of rotatable bonds is 5. The molecule has 1 saturated heterocycles. The molecule has 1 unspecified atom stereocenters. The first-order chi connectivity index (χ1) is 11.6. The Hall–Kier alpha value is -2.06. The first-order valence-corrected chi connectivity index (χ1v) is 8.76. The van der Waals surface area contributed by atoms with Gasteiger partial charge in [0.05, 0.1) is 24.2 Å². The molecule has 0 saturated carbocycles. The van der Waals surface area contributed by atoms with Crippen LogP contribution >= 0.6 is 11.8 Å². The van der Waals surface area contributed by atoms with Gasteiger partial charge in [0.1, 0.15) is 0 Å². The Morgan fingerprint density at radius 2 is 2.00 bits per heavy atom. The fourth-order valence-corrected chi connectivity index (χ4v) is 3.35. The molecular formula is C16H21N5O2S. The van der Waals surface area contributed by atoms with Crippen molar-refractivity contribution in [1.29, 1.82) is 0 Å². The van der Waals surface area contributed by atoms with E-state index in [1.54, 1.807) is 6.92 Å². The number of hydrogen-bond acceptors (Lipinski definition) is 6. The van der Waals surface area contributed by atoms with Gasteiger partial charge in [-0.2, -0.15) is 0 Å². The first-order valence-electron chi connectivity index (χ1n) is 7.88. The van der Waals surface area contributed by atoms with Crippen molar-refractivity contribution in [3.05, 3.63) is 29.8 Å². The number of anilines is 1. The predicted molar refractivity (Wildman–Crippen MR) is 93.6 cm³/mol. The number of amides is 1. The van der Waals surface area contributed by atoms with Crippen molar-refractivity contribution in [2.75, 3.05) is 31.2 Å². The molecule has 2 N–H and O–H groups in total. The quantitative estimate of drug-likeness (QED) is 0.822. The smallest absolute Gasteiger partial charge is 0.232 e. The van der Waals surface area contributed by atoms with Gasteiger partial charge in [-0.05, 0) is 25.5 Å². The summed E-state index contributed by atoms with van der Waals surface area (Å²) in [6.45, 7) is 6.68. The monoisotopic (exact) mass is 347 g/mol. The summed E-state index contributed by atoms with van der Waals surface area (Å²) >= 11 is 1.32. The van der Waals surface area contributed by atoms with E-state index in [1.165, 1.54) is 11.8 Å². The summed E-state index contributed by atoms with van der Waals surface area (Å²) in [7, 11) is 0. The van der Waals surface area contributed by atoms with Gasteiger partial charge >= 0.3 is 0 Å². The molecular weight excluding hydrogens is 326 g/mol. The van der Waals surface area contributed by atoms with Crippen molar-refractivity contribution in [1.82, 2.24) is 14.8 Å². The van der Waals surface area contributed by atoms with E-state index in [9.17, 15) is 4.79 Å². The van der Waals surface area contributed by atoms with Crippen molar-refractivity contribution in [3.8, 4) is 5.69 Å². The highest BCUT2D eigenvalue weighted by Gasteiger charge is 2.24. The van der Waals surface area contributed by atoms with Crippen LogP contribution in [-0.2, 0) is 9.53 Å². The molecule has 3 rings (SSSR count). The largest absolute Gasteiger partial charge is 0.378 e. The molecule has 7 nitrogen and oxygen atoms in total. The zero-order valence-corrected chi connectivity index (χ0v) is 14.6. The number of benzene rings is 1. The number of carbonyl (C=O) groups excluding carboxylic acids is 1. The minimum Gasteiger partial charge on any atom is -0.378 e. The van der Waals surface area contributed by atoms with Crippen LogP contribution in [0.4, 0.5) is 5.95 Å². The lowest BCUT2D eigenvalue weighted by Gasteiger charge is -2.28. The van der Waals surface area contributed by atoms with Crippen molar-refractivity contribution < 1.29 is 9.53 Å². The molecule has 24 heavy (non-hydrogen) atoms. The molecule has 0 aliphatic carbocycles. The van der Waals surface area contributed by atoms with Gasteiger partial charge in [0.15, 0.2) is 5.16 Å². The topological polar surface area (TPSA) is 86.3 Å². The normalized spacial score (nSPS) is 16.2. The van der Waals surface area contributed by atoms with Crippen molar-refractivity contribution in [2.24, 2.45) is 5.73 Å². The number of ether oxygens (including phenoxy) is 1. The number of thioether (sulfide) groups is 1. The van der Waals surface area contributed by atoms with E-state index in [4.69, 9.17) is 10.5 Å². The molecule has 1 aromatic heterocycles. The Morgan fingerprint density at radius 3 is 2.67 bits per heavy atom. The zero-order valence-electron chi connectivity index (χ0n) is 13.8. The van der Waals surface area contributed by atoms with Crippen LogP contribution in [0.3, 0.4) is 0 Å². The van der Waals surface area contributed by atoms with Gasteiger partial charge in [-0.15, -0.1) is 10.2 Å². The number of aromatic nitrogens is 3. The Balaban J connectivity index is 2.05. The van der Waals surface area contributed by atoms with Crippen molar-refractivity contribution >= 4 is 23.6 Å². The molecule has 8 heteroatoms. The number of carbonyl (C=O) groups is 1. The molecule has 1 aliphatic rings. The maximum Gasteiger partial charge on any atom is 0.232 e. The number of nitrogens with two attached hydrogens (primary N) is 1. The van der Waals surface area contributed by atoms with Crippen LogP contribution in [0.15, 0.2) is 29.4 Å². The average molecular weight is 347 g/mol. The van der Waals surface area contributed by atoms with E-state index in [0.29, 0.717) is 18.4 Å². The second-order valence-electron chi connectivity index (χ2n) is 5.67. The molecule has 1 atom stereocenters. The lowest BCUT2D eigenvalue weighted by atomic mass is 10.2. The maximum absolute atomic E-state index is 11.4. The van der Waals surface area contributed by atoms with Gasteiger partial charge in [0.2, 0.25) is 11.9 Å². The predicted octanol–water partition coefficient (Wildman–Crippen LogP) is 1.38. The molecule has 0 spiro atoms. The van der Waals surface area contributed by atoms with Gasteiger partial charge in [-0.1, -0.05) is 30.0 Å². The molecule has 0 radical (unpaired) electrons. The van der Waals surface area contributed by atoms with Crippen molar-refractivity contribution in [2.45, 2.75) is 24.3 Å². The molecule has 1 aromatic carbocycles. The summed E-state index contributed by atoms with van der Waals surface area (Å²) in [5.74, 6) is 0.402. The molecule has 0 bridgehead atoms. The molecule has 2 aromatic rings. The van der Waals surface area contributed by atoms with Gasteiger partial charge in [0.25, 0.3) is 0 Å². The van der Waals surface area contributed by atoms with E-state index in [0.717, 1.165) is 30.3 Å². The third kappa shape index (κ3) is 3.39. The summed E-state index contributed by atoms with van der Waals surface area (Å²) in [5.41, 5.74) is 7.52. The second kappa shape index (κ2) is 7.23. The summed E-state index contributed by atoms with van der Waals surface area (Å²) in [6.07, 6.45) is 0. The summed E-state index contributed by atoms with van der Waals surface area (Å²) in [5, 5.41) is 8.98. The lowest BCUT2D eigenvalue weighted by Crippen LogP contribution is -2.38. The van der Waals surface area contributed by atoms with Crippen LogP contribution in [-0.4, -0.2) is 52.2 Å². The Labute approximate surface area is 145 Å². The highest BCUT2D eigenvalue weighted by Crippen LogP contribution is 2.30. The van der Waals surface area contributed by atoms with Gasteiger partial charge in [-0.3, -0.25) is 9.36 Å². The Morgan fingerprint density at radius 1 is 1.29 bits per heavy atom. The molecule has 1 amide bonds. The van der Waals surface area contributed by atoms with Gasteiger partial charge < -0.3 is 15.4 Å². The standard InChI is InChI=1S/C16H21N5O2S/c1-11-5-3-4-6-13(11)21-15(20-7-9-23-10-8-20)18-19-16(21)24-12(2)14(17)22/h3-6,12H,7-10H2,1-2H3,(H2,17,22). The summed E-state index contributed by atoms with van der Waals surface area (Å²) in [6, 6.07) is 8.06. The summed E-state index contributed by atoms with van der Waals surface area (Å²) in [4.78, 5) is 13.6. The highest BCUT2D eigenvalue weighted by molar-refractivity contribution is 8.00. The highest BCUT2D eigenvalue weighted by atomic mass is 32.2. The average Bonchev–Trinajstić information content (AvgIpc) is 2.99. The summed E-state index contributed by atoms with van der Waals surface area (Å²) < 4.78 is 7.43. The number of nitrogens with zero attached hydrogens (tertiary/aromatic N) is 4. The minimum atomic E-state index is -0.380. The fraction of sp³-hybridized carbons (Fsp3) is 0.438. The number of hydrogen-bond donors (Lipinski definition) is 1. The van der Waals surface area contributed by atoms with E-state index in [-0.39, 0.29) is 11.2 Å². The van der Waals surface area contributed by atoms with Crippen LogP contribution < -0.4 is 10.6 Å². The molecule has 1 aliphatic heterocycles. The van der Waals surface area contributed by atoms with E-state index >= 15 is 0 Å². The number of para-hydroxylation sites is 1. The first kappa shape index (κ1) is 16.8. The minimum absolute atomic E-state index is 0.368. The van der Waals surface area contributed by atoms with Crippen LogP contribution in [0.2, 0.25) is 0 Å². The Kier molecular flexibility index (Phi) is 5.06. The van der Waals surface area contributed by atoms with E-state index in [1.807, 2.05) is 35.8 Å². The SMILES string of the molecule is Cc1ccccc1-n1c(SC(C)C(N)=O)nnc1N1CCOCC1. The molecule has 1 fully saturated rings. The van der Waals surface area contributed by atoms with Gasteiger partial charge in [0, 0.05) is 13.1 Å². The Bertz CT molecular complexity index is 727. The second-order valence-corrected chi connectivity index (χ2v) is 6.97.